The first kappa shape index (κ1) is 31.2. The van der Waals surface area contributed by atoms with Crippen LogP contribution >= 0.6 is 11.6 Å². The minimum absolute atomic E-state index is 0.0811. The number of anilines is 1. The molecule has 0 saturated carbocycles. The van der Waals surface area contributed by atoms with Gasteiger partial charge in [0.1, 0.15) is 6.04 Å². The predicted molar refractivity (Wildman–Crippen MR) is 162 cm³/mol. The molecule has 1 atom stereocenters. The summed E-state index contributed by atoms with van der Waals surface area (Å²) in [7, 11) is -3.58. The van der Waals surface area contributed by atoms with E-state index in [1.165, 1.54) is 4.31 Å². The second kappa shape index (κ2) is 14.9. The topological polar surface area (TPSA) is 86.8 Å². The lowest BCUT2D eigenvalue weighted by Crippen LogP contribution is -2.50. The van der Waals surface area contributed by atoms with E-state index in [0.29, 0.717) is 23.7 Å². The number of nitrogens with zero attached hydrogens (tertiary/aromatic N) is 2. The highest BCUT2D eigenvalue weighted by Gasteiger charge is 2.30. The molecule has 0 radical (unpaired) electrons. The third-order valence-electron chi connectivity index (χ3n) is 6.52. The van der Waals surface area contributed by atoms with Crippen LogP contribution in [0.15, 0.2) is 78.9 Å². The fraction of sp³-hybridized carbons (Fsp3) is 0.355. The van der Waals surface area contributed by atoms with Crippen LogP contribution in [0.3, 0.4) is 0 Å². The van der Waals surface area contributed by atoms with Gasteiger partial charge in [0.2, 0.25) is 21.8 Å². The number of amides is 2. The summed E-state index contributed by atoms with van der Waals surface area (Å²) in [4.78, 5) is 28.9. The van der Waals surface area contributed by atoms with Gasteiger partial charge in [0.15, 0.2) is 0 Å². The summed E-state index contributed by atoms with van der Waals surface area (Å²) in [5.74, 6) is -0.413. The molecule has 0 aliphatic rings. The molecule has 3 rings (SSSR count). The smallest absolute Gasteiger partial charge is 0.243 e. The third kappa shape index (κ3) is 9.38. The van der Waals surface area contributed by atoms with Gasteiger partial charge in [-0.25, -0.2) is 8.42 Å². The molecular formula is C31H38ClN3O4S. The Bertz CT molecular complexity index is 1360. The SMILES string of the molecule is CCCNC(=O)[C@@H](Cc1ccccc1)N(Cc1cccc(C)c1)C(=O)CCCN(c1ccc(Cl)cc1)S(C)(=O)=O. The average molecular weight is 584 g/mol. The lowest BCUT2D eigenvalue weighted by Gasteiger charge is -2.32. The summed E-state index contributed by atoms with van der Waals surface area (Å²) >= 11 is 5.98. The third-order valence-corrected chi connectivity index (χ3v) is 7.97. The number of hydrogen-bond acceptors (Lipinski definition) is 4. The standard InChI is InChI=1S/C31H38ClN3O4S/c1-4-19-33-31(37)29(22-25-11-6-5-7-12-25)34(23-26-13-8-10-24(2)21-26)30(36)14-9-20-35(40(3,38)39)28-17-15-27(32)16-18-28/h5-8,10-13,15-18,21,29H,4,9,14,19-20,22-23H2,1-3H3,(H,33,37)/t29-/m1/s1. The van der Waals surface area contributed by atoms with E-state index in [1.807, 2.05) is 68.4 Å². The van der Waals surface area contributed by atoms with Crippen LogP contribution in [-0.4, -0.2) is 50.5 Å². The second-order valence-corrected chi connectivity index (χ2v) is 12.3. The lowest BCUT2D eigenvalue weighted by atomic mass is 10.0. The number of benzene rings is 3. The number of sulfonamides is 1. The maximum atomic E-state index is 13.8. The van der Waals surface area contributed by atoms with Crippen molar-refractivity contribution in [3.05, 3.63) is 101 Å². The van der Waals surface area contributed by atoms with Gasteiger partial charge in [-0.05, 0) is 55.2 Å². The van der Waals surface area contributed by atoms with Crippen molar-refractivity contribution in [2.24, 2.45) is 0 Å². The van der Waals surface area contributed by atoms with Crippen molar-refractivity contribution >= 4 is 39.1 Å². The molecule has 0 saturated heterocycles. The first-order valence-corrected chi connectivity index (χ1v) is 15.7. The molecule has 9 heteroatoms. The molecule has 0 heterocycles. The number of hydrogen-bond donors (Lipinski definition) is 1. The molecule has 2 amide bonds. The minimum Gasteiger partial charge on any atom is -0.354 e. The quantitative estimate of drug-likeness (QED) is 0.277. The summed E-state index contributed by atoms with van der Waals surface area (Å²) in [6.45, 7) is 4.87. The van der Waals surface area contributed by atoms with Crippen LogP contribution in [0.4, 0.5) is 5.69 Å². The van der Waals surface area contributed by atoms with Gasteiger partial charge in [-0.3, -0.25) is 13.9 Å². The Kier molecular flexibility index (Phi) is 11.6. The van der Waals surface area contributed by atoms with Crippen LogP contribution < -0.4 is 9.62 Å². The molecule has 1 N–H and O–H groups in total. The number of carbonyl (C=O) groups excluding carboxylic acids is 2. The van der Waals surface area contributed by atoms with E-state index >= 15 is 0 Å². The fourth-order valence-electron chi connectivity index (χ4n) is 4.54. The number of halogens is 1. The van der Waals surface area contributed by atoms with Crippen LogP contribution in [-0.2, 0) is 32.6 Å². The average Bonchev–Trinajstić information content (AvgIpc) is 2.92. The normalized spacial score (nSPS) is 12.0. The van der Waals surface area contributed by atoms with Gasteiger partial charge < -0.3 is 10.2 Å². The summed E-state index contributed by atoms with van der Waals surface area (Å²) in [6, 6.07) is 23.4. The highest BCUT2D eigenvalue weighted by atomic mass is 35.5. The number of aryl methyl sites for hydroxylation is 1. The first-order valence-electron chi connectivity index (χ1n) is 13.5. The largest absolute Gasteiger partial charge is 0.354 e. The van der Waals surface area contributed by atoms with Crippen LogP contribution in [0.5, 0.6) is 0 Å². The Hall–Kier alpha value is -3.36. The Balaban J connectivity index is 1.86. The van der Waals surface area contributed by atoms with E-state index < -0.39 is 16.1 Å². The zero-order valence-electron chi connectivity index (χ0n) is 23.3. The fourth-order valence-corrected chi connectivity index (χ4v) is 5.63. The summed E-state index contributed by atoms with van der Waals surface area (Å²) in [6.07, 6.45) is 2.66. The molecule has 7 nitrogen and oxygen atoms in total. The van der Waals surface area contributed by atoms with Gasteiger partial charge in [-0.15, -0.1) is 0 Å². The van der Waals surface area contributed by atoms with Gasteiger partial charge in [0, 0.05) is 37.5 Å². The van der Waals surface area contributed by atoms with Crippen LogP contribution in [0.25, 0.3) is 0 Å². The highest BCUT2D eigenvalue weighted by molar-refractivity contribution is 7.92. The molecule has 0 unspecified atom stereocenters. The van der Waals surface area contributed by atoms with Gasteiger partial charge in [0.05, 0.1) is 11.9 Å². The van der Waals surface area contributed by atoms with Gasteiger partial charge in [-0.2, -0.15) is 0 Å². The van der Waals surface area contributed by atoms with Crippen molar-refractivity contribution in [1.29, 1.82) is 0 Å². The van der Waals surface area contributed by atoms with Crippen molar-refractivity contribution in [3.63, 3.8) is 0 Å². The summed E-state index contributed by atoms with van der Waals surface area (Å²) in [5, 5.41) is 3.48. The van der Waals surface area contributed by atoms with E-state index in [4.69, 9.17) is 11.6 Å². The van der Waals surface area contributed by atoms with Crippen molar-refractivity contribution in [2.75, 3.05) is 23.7 Å². The minimum atomic E-state index is -3.58. The van der Waals surface area contributed by atoms with Crippen molar-refractivity contribution < 1.29 is 18.0 Å². The number of nitrogens with one attached hydrogen (secondary N) is 1. The van der Waals surface area contributed by atoms with Crippen molar-refractivity contribution in [1.82, 2.24) is 10.2 Å². The summed E-state index contributed by atoms with van der Waals surface area (Å²) in [5.41, 5.74) is 3.42. The molecule has 0 aliphatic heterocycles. The second-order valence-electron chi connectivity index (χ2n) is 9.92. The van der Waals surface area contributed by atoms with Crippen molar-refractivity contribution in [3.8, 4) is 0 Å². The number of carbonyl (C=O) groups is 2. The molecule has 0 aromatic heterocycles. The van der Waals surface area contributed by atoms with Gasteiger partial charge in [0.25, 0.3) is 0 Å². The molecule has 40 heavy (non-hydrogen) atoms. The zero-order chi connectivity index (χ0) is 29.1. The van der Waals surface area contributed by atoms with E-state index in [0.717, 1.165) is 29.4 Å². The molecule has 0 aliphatic carbocycles. The van der Waals surface area contributed by atoms with E-state index in [1.54, 1.807) is 29.2 Å². The predicted octanol–water partition coefficient (Wildman–Crippen LogP) is 5.36. The van der Waals surface area contributed by atoms with E-state index in [9.17, 15) is 18.0 Å². The van der Waals surface area contributed by atoms with Crippen LogP contribution in [0.2, 0.25) is 5.02 Å². The van der Waals surface area contributed by atoms with E-state index in [2.05, 4.69) is 5.32 Å². The van der Waals surface area contributed by atoms with E-state index in [-0.39, 0.29) is 37.7 Å². The van der Waals surface area contributed by atoms with Gasteiger partial charge in [-0.1, -0.05) is 78.7 Å². The Morgan fingerprint density at radius 1 is 0.950 bits per heavy atom. The van der Waals surface area contributed by atoms with Crippen LogP contribution in [0.1, 0.15) is 42.9 Å². The maximum absolute atomic E-state index is 13.8. The lowest BCUT2D eigenvalue weighted by molar-refractivity contribution is -0.141. The summed E-state index contributed by atoms with van der Waals surface area (Å²) < 4.78 is 26.4. The first-order chi connectivity index (χ1) is 19.1. The van der Waals surface area contributed by atoms with Gasteiger partial charge >= 0.3 is 0 Å². The molecule has 0 spiro atoms. The Labute approximate surface area is 243 Å². The maximum Gasteiger partial charge on any atom is 0.243 e. The Morgan fingerprint density at radius 3 is 2.25 bits per heavy atom. The Morgan fingerprint density at radius 2 is 1.62 bits per heavy atom. The molecule has 3 aromatic carbocycles. The molecule has 3 aromatic rings. The van der Waals surface area contributed by atoms with Crippen molar-refractivity contribution in [2.45, 2.75) is 52.1 Å². The monoisotopic (exact) mass is 583 g/mol. The molecule has 214 valence electrons. The highest BCUT2D eigenvalue weighted by Crippen LogP contribution is 2.22. The molecular weight excluding hydrogens is 546 g/mol. The van der Waals surface area contributed by atoms with Crippen LogP contribution in [0, 0.1) is 6.92 Å². The number of rotatable bonds is 14. The molecule has 0 bridgehead atoms. The zero-order valence-corrected chi connectivity index (χ0v) is 24.9. The molecule has 0 fully saturated rings.